The fourth-order valence-electron chi connectivity index (χ4n) is 0.363. The molecule has 0 rings (SSSR count). The van der Waals surface area contributed by atoms with Gasteiger partial charge in [0, 0.05) is 6.04 Å². The molecule has 0 aromatic rings. The van der Waals surface area contributed by atoms with Crippen molar-refractivity contribution in [1.82, 2.24) is 0 Å². The maximum Gasteiger partial charge on any atom is 0.331 e. The molecule has 0 heterocycles. The Hall–Kier alpha value is -0.610. The highest BCUT2D eigenvalue weighted by Gasteiger charge is 2.03. The van der Waals surface area contributed by atoms with Gasteiger partial charge in [0.1, 0.15) is 13.2 Å². The topological polar surface area (TPSA) is 72.5 Å². The molecule has 0 aliphatic rings. The molecule has 0 bridgehead atoms. The zero-order chi connectivity index (χ0) is 7.98. The lowest BCUT2D eigenvalue weighted by molar-refractivity contribution is -0.147. The quantitative estimate of drug-likeness (QED) is 0.514. The predicted octanol–water partition coefficient (Wildman–Crippen LogP) is -0.741. The van der Waals surface area contributed by atoms with Crippen LogP contribution < -0.4 is 5.73 Å². The Morgan fingerprint density at radius 2 is 2.40 bits per heavy atom. The minimum atomic E-state index is -0.621. The predicted molar refractivity (Wildman–Crippen MR) is 36.3 cm³/mol. The van der Waals surface area contributed by atoms with Gasteiger partial charge in [0.15, 0.2) is 0 Å². The first-order valence-electron chi connectivity index (χ1n) is 3.22. The van der Waals surface area contributed by atoms with Gasteiger partial charge in [0.25, 0.3) is 0 Å². The van der Waals surface area contributed by atoms with Crippen molar-refractivity contribution < 1.29 is 14.6 Å². The molecule has 3 N–H and O–H groups in total. The smallest absolute Gasteiger partial charge is 0.331 e. The van der Waals surface area contributed by atoms with E-state index in [0.717, 1.165) is 6.42 Å². The van der Waals surface area contributed by atoms with Crippen LogP contribution in [0.4, 0.5) is 0 Å². The van der Waals surface area contributed by atoms with Gasteiger partial charge in [-0.05, 0) is 6.42 Å². The molecule has 0 spiro atoms. The first-order chi connectivity index (χ1) is 4.70. The summed E-state index contributed by atoms with van der Waals surface area (Å²) in [5.41, 5.74) is 5.42. The van der Waals surface area contributed by atoms with Gasteiger partial charge < -0.3 is 15.6 Å². The second-order valence-electron chi connectivity index (χ2n) is 2.01. The van der Waals surface area contributed by atoms with Gasteiger partial charge in [-0.1, -0.05) is 6.92 Å². The molecule has 0 aliphatic heterocycles. The third-order valence-corrected chi connectivity index (χ3v) is 1.11. The van der Waals surface area contributed by atoms with Crippen molar-refractivity contribution in [3.8, 4) is 0 Å². The zero-order valence-electron chi connectivity index (χ0n) is 6.04. The van der Waals surface area contributed by atoms with E-state index in [1.807, 2.05) is 6.92 Å². The molecular formula is C6H13NO3. The van der Waals surface area contributed by atoms with E-state index < -0.39 is 12.6 Å². The third kappa shape index (κ3) is 4.29. The maximum atomic E-state index is 10.3. The first-order valence-corrected chi connectivity index (χ1v) is 3.22. The van der Waals surface area contributed by atoms with Crippen molar-refractivity contribution in [2.24, 2.45) is 5.73 Å². The number of carbonyl (C=O) groups excluding carboxylic acids is 1. The van der Waals surface area contributed by atoms with Gasteiger partial charge in [0.05, 0.1) is 0 Å². The molecule has 0 radical (unpaired) electrons. The number of aliphatic hydroxyl groups excluding tert-OH is 1. The number of nitrogens with two attached hydrogens (primary N) is 1. The molecule has 0 aromatic carbocycles. The zero-order valence-corrected chi connectivity index (χ0v) is 6.04. The van der Waals surface area contributed by atoms with E-state index in [1.165, 1.54) is 0 Å². The molecule has 4 heteroatoms. The minimum absolute atomic E-state index is 0.115. The molecular weight excluding hydrogens is 134 g/mol. The van der Waals surface area contributed by atoms with Crippen molar-refractivity contribution in [1.29, 1.82) is 0 Å². The number of esters is 1. The molecule has 0 aliphatic carbocycles. The summed E-state index contributed by atoms with van der Waals surface area (Å²) < 4.78 is 4.53. The summed E-state index contributed by atoms with van der Waals surface area (Å²) >= 11 is 0. The maximum absolute atomic E-state index is 10.3. The molecule has 1 atom stereocenters. The Kier molecular flexibility index (Phi) is 4.88. The van der Waals surface area contributed by atoms with Crippen LogP contribution in [0.15, 0.2) is 0 Å². The molecule has 0 aromatic heterocycles. The second-order valence-corrected chi connectivity index (χ2v) is 2.01. The average molecular weight is 147 g/mol. The summed E-state index contributed by atoms with van der Waals surface area (Å²) in [4.78, 5) is 10.3. The molecule has 0 amide bonds. The first kappa shape index (κ1) is 9.39. The van der Waals surface area contributed by atoms with Crippen molar-refractivity contribution in [2.75, 3.05) is 13.2 Å². The van der Waals surface area contributed by atoms with Crippen LogP contribution in [0.3, 0.4) is 0 Å². The molecule has 0 saturated heterocycles. The third-order valence-electron chi connectivity index (χ3n) is 1.11. The molecule has 60 valence electrons. The number of aliphatic hydroxyl groups is 1. The van der Waals surface area contributed by atoms with Crippen molar-refractivity contribution in [3.63, 3.8) is 0 Å². The van der Waals surface area contributed by atoms with E-state index in [-0.39, 0.29) is 12.6 Å². The van der Waals surface area contributed by atoms with Crippen LogP contribution in [0.2, 0.25) is 0 Å². The van der Waals surface area contributed by atoms with Crippen molar-refractivity contribution in [3.05, 3.63) is 0 Å². The van der Waals surface area contributed by atoms with Gasteiger partial charge in [-0.3, -0.25) is 0 Å². The van der Waals surface area contributed by atoms with Gasteiger partial charge in [-0.2, -0.15) is 0 Å². The fraction of sp³-hybridized carbons (Fsp3) is 0.833. The van der Waals surface area contributed by atoms with Crippen LogP contribution in [0.1, 0.15) is 13.3 Å². The van der Waals surface area contributed by atoms with Crippen LogP contribution in [0, 0.1) is 0 Å². The fourth-order valence-corrected chi connectivity index (χ4v) is 0.363. The number of ether oxygens (including phenoxy) is 1. The molecule has 0 fully saturated rings. The summed E-state index contributed by atoms with van der Waals surface area (Å²) in [6.07, 6.45) is 0.763. The monoisotopic (exact) mass is 147 g/mol. The Morgan fingerprint density at radius 1 is 1.80 bits per heavy atom. The SMILES string of the molecule is CC[C@H](N)COC(=O)CO. The summed E-state index contributed by atoms with van der Waals surface area (Å²) in [5.74, 6) is -0.621. The van der Waals surface area contributed by atoms with Crippen LogP contribution in [0.25, 0.3) is 0 Å². The second kappa shape index (κ2) is 5.20. The minimum Gasteiger partial charge on any atom is -0.462 e. The lowest BCUT2D eigenvalue weighted by Gasteiger charge is -2.07. The van der Waals surface area contributed by atoms with Gasteiger partial charge in [-0.15, -0.1) is 0 Å². The highest BCUT2D eigenvalue weighted by atomic mass is 16.5. The van der Waals surface area contributed by atoms with Gasteiger partial charge >= 0.3 is 5.97 Å². The summed E-state index contributed by atoms with van der Waals surface area (Å²) in [7, 11) is 0. The van der Waals surface area contributed by atoms with E-state index >= 15 is 0 Å². The number of hydrogen-bond acceptors (Lipinski definition) is 4. The van der Waals surface area contributed by atoms with E-state index in [1.54, 1.807) is 0 Å². The Balaban J connectivity index is 3.26. The summed E-state index contributed by atoms with van der Waals surface area (Å²) in [6, 6.07) is -0.115. The summed E-state index contributed by atoms with van der Waals surface area (Å²) in [6.45, 7) is 1.52. The molecule has 4 nitrogen and oxygen atoms in total. The molecule has 0 unspecified atom stereocenters. The highest BCUT2D eigenvalue weighted by Crippen LogP contribution is 1.87. The number of rotatable bonds is 4. The Morgan fingerprint density at radius 3 is 2.80 bits per heavy atom. The standard InChI is InChI=1S/C6H13NO3/c1-2-5(7)4-10-6(9)3-8/h5,8H,2-4,7H2,1H3/t5-/m0/s1. The van der Waals surface area contributed by atoms with E-state index in [0.29, 0.717) is 0 Å². The number of carbonyl (C=O) groups is 1. The average Bonchev–Trinajstić information content (AvgIpc) is 1.99. The molecule has 0 saturated carbocycles. The highest BCUT2D eigenvalue weighted by molar-refractivity contribution is 5.70. The lowest BCUT2D eigenvalue weighted by atomic mass is 10.3. The normalized spacial score (nSPS) is 12.7. The Bertz CT molecular complexity index is 105. The molecule has 10 heavy (non-hydrogen) atoms. The Labute approximate surface area is 60.0 Å². The van der Waals surface area contributed by atoms with Gasteiger partial charge in [-0.25, -0.2) is 4.79 Å². The van der Waals surface area contributed by atoms with Crippen LogP contribution in [-0.4, -0.2) is 30.3 Å². The lowest BCUT2D eigenvalue weighted by Crippen LogP contribution is -2.27. The van der Waals surface area contributed by atoms with Crippen molar-refractivity contribution in [2.45, 2.75) is 19.4 Å². The van der Waals surface area contributed by atoms with E-state index in [4.69, 9.17) is 10.8 Å². The number of hydrogen-bond donors (Lipinski definition) is 2. The largest absolute Gasteiger partial charge is 0.462 e. The van der Waals surface area contributed by atoms with Crippen molar-refractivity contribution >= 4 is 5.97 Å². The van der Waals surface area contributed by atoms with E-state index in [2.05, 4.69) is 4.74 Å². The van der Waals surface area contributed by atoms with Crippen LogP contribution in [-0.2, 0) is 9.53 Å². The van der Waals surface area contributed by atoms with Crippen LogP contribution >= 0.6 is 0 Å². The van der Waals surface area contributed by atoms with Crippen LogP contribution in [0.5, 0.6) is 0 Å². The van der Waals surface area contributed by atoms with E-state index in [9.17, 15) is 4.79 Å². The van der Waals surface area contributed by atoms with Gasteiger partial charge in [0.2, 0.25) is 0 Å². The summed E-state index contributed by atoms with van der Waals surface area (Å²) in [5, 5.41) is 8.21.